The third-order valence-electron chi connectivity index (χ3n) is 3.57. The van der Waals surface area contributed by atoms with Crippen molar-refractivity contribution in [1.29, 1.82) is 0 Å². The van der Waals surface area contributed by atoms with Crippen LogP contribution in [0.5, 0.6) is 0 Å². The van der Waals surface area contributed by atoms with E-state index in [1.54, 1.807) is 24.2 Å². The first kappa shape index (κ1) is 17.1. The predicted molar refractivity (Wildman–Crippen MR) is 89.0 cm³/mol. The average molecular weight is 316 g/mol. The van der Waals surface area contributed by atoms with E-state index in [1.807, 2.05) is 50.2 Å². The van der Waals surface area contributed by atoms with Gasteiger partial charge in [-0.15, -0.1) is 0 Å². The fourth-order valence-electron chi connectivity index (χ4n) is 2.44. The zero-order valence-corrected chi connectivity index (χ0v) is 13.8. The van der Waals surface area contributed by atoms with Gasteiger partial charge in [-0.25, -0.2) is 4.79 Å². The van der Waals surface area contributed by atoms with Crippen molar-refractivity contribution in [3.05, 3.63) is 60.1 Å². The third-order valence-corrected chi connectivity index (χ3v) is 3.57. The molecule has 0 bridgehead atoms. The van der Waals surface area contributed by atoms with E-state index in [1.165, 1.54) is 0 Å². The molecule has 2 aromatic rings. The van der Waals surface area contributed by atoms with E-state index in [0.29, 0.717) is 5.76 Å². The summed E-state index contributed by atoms with van der Waals surface area (Å²) in [5.74, 6) is 0.672. The van der Waals surface area contributed by atoms with Crippen molar-refractivity contribution < 1.29 is 14.3 Å². The molecule has 0 aliphatic rings. The Bertz CT molecular complexity index is 594. The van der Waals surface area contributed by atoms with E-state index in [9.17, 15) is 9.90 Å². The van der Waals surface area contributed by atoms with Crippen LogP contribution in [0.15, 0.2) is 53.1 Å². The summed E-state index contributed by atoms with van der Waals surface area (Å²) in [7, 11) is 0. The Balaban J connectivity index is 2.22. The molecule has 2 amide bonds. The lowest BCUT2D eigenvalue weighted by molar-refractivity contribution is 0.117. The smallest absolute Gasteiger partial charge is 0.318 e. The van der Waals surface area contributed by atoms with Crippen LogP contribution in [-0.4, -0.2) is 34.7 Å². The van der Waals surface area contributed by atoms with Gasteiger partial charge in [0.1, 0.15) is 11.8 Å². The first-order valence-corrected chi connectivity index (χ1v) is 7.82. The summed E-state index contributed by atoms with van der Waals surface area (Å²) in [6.45, 7) is 5.80. The van der Waals surface area contributed by atoms with Gasteiger partial charge in [0, 0.05) is 12.6 Å². The second kappa shape index (κ2) is 7.83. The van der Waals surface area contributed by atoms with Crippen LogP contribution in [0.1, 0.15) is 38.1 Å². The topological polar surface area (TPSA) is 65.7 Å². The molecule has 0 saturated carbocycles. The summed E-state index contributed by atoms with van der Waals surface area (Å²) in [5, 5.41) is 12.6. The Morgan fingerprint density at radius 3 is 2.39 bits per heavy atom. The predicted octanol–water partition coefficient (Wildman–Crippen LogP) is 3.17. The lowest BCUT2D eigenvalue weighted by atomic mass is 10.0. The Labute approximate surface area is 136 Å². The molecule has 23 heavy (non-hydrogen) atoms. The fraction of sp³-hybridized carbons (Fsp3) is 0.389. The van der Waals surface area contributed by atoms with Gasteiger partial charge in [-0.05, 0) is 38.5 Å². The van der Waals surface area contributed by atoms with Crippen LogP contribution in [0.25, 0.3) is 0 Å². The quantitative estimate of drug-likeness (QED) is 0.860. The number of furan rings is 1. The molecule has 1 heterocycles. The highest BCUT2D eigenvalue weighted by atomic mass is 16.3. The molecule has 0 aliphatic heterocycles. The molecule has 0 fully saturated rings. The van der Waals surface area contributed by atoms with Crippen molar-refractivity contribution in [1.82, 2.24) is 10.2 Å². The number of amides is 2. The lowest BCUT2D eigenvalue weighted by Crippen LogP contribution is -2.48. The van der Waals surface area contributed by atoms with E-state index < -0.39 is 6.10 Å². The summed E-state index contributed by atoms with van der Waals surface area (Å²) in [5.41, 5.74) is 0.941. The Morgan fingerprint density at radius 2 is 1.87 bits per heavy atom. The number of rotatable bonds is 6. The number of aliphatic hydroxyl groups excluding tert-OH is 1. The van der Waals surface area contributed by atoms with Gasteiger partial charge in [-0.1, -0.05) is 30.3 Å². The molecule has 1 aromatic carbocycles. The highest BCUT2D eigenvalue weighted by Crippen LogP contribution is 2.22. The Hall–Kier alpha value is -2.27. The van der Waals surface area contributed by atoms with E-state index in [4.69, 9.17) is 4.42 Å². The van der Waals surface area contributed by atoms with Gasteiger partial charge in [-0.3, -0.25) is 0 Å². The Kier molecular flexibility index (Phi) is 5.82. The van der Waals surface area contributed by atoms with Gasteiger partial charge in [0.2, 0.25) is 0 Å². The van der Waals surface area contributed by atoms with Crippen molar-refractivity contribution in [3.8, 4) is 0 Å². The van der Waals surface area contributed by atoms with Crippen LogP contribution in [0.2, 0.25) is 0 Å². The summed E-state index contributed by atoms with van der Waals surface area (Å²) in [6.07, 6.45) is 1.01. The lowest BCUT2D eigenvalue weighted by Gasteiger charge is -2.30. The molecule has 124 valence electrons. The number of carbonyl (C=O) groups excluding carboxylic acids is 1. The summed E-state index contributed by atoms with van der Waals surface area (Å²) < 4.78 is 5.49. The number of hydrogen-bond donors (Lipinski definition) is 2. The number of urea groups is 1. The number of nitrogens with one attached hydrogen (secondary N) is 1. The first-order chi connectivity index (χ1) is 11.0. The van der Waals surface area contributed by atoms with Crippen molar-refractivity contribution in [2.24, 2.45) is 0 Å². The van der Waals surface area contributed by atoms with Gasteiger partial charge >= 0.3 is 6.03 Å². The molecule has 5 heteroatoms. The number of benzene rings is 1. The maximum Gasteiger partial charge on any atom is 0.318 e. The molecule has 0 saturated heterocycles. The van der Waals surface area contributed by atoms with Crippen molar-refractivity contribution >= 4 is 6.03 Å². The highest BCUT2D eigenvalue weighted by Gasteiger charge is 2.24. The monoisotopic (exact) mass is 316 g/mol. The number of hydrogen-bond acceptors (Lipinski definition) is 3. The number of carbonyl (C=O) groups is 1. The van der Waals surface area contributed by atoms with E-state index >= 15 is 0 Å². The van der Waals surface area contributed by atoms with Crippen LogP contribution in [-0.2, 0) is 0 Å². The van der Waals surface area contributed by atoms with Crippen molar-refractivity contribution in [2.75, 3.05) is 6.54 Å². The van der Waals surface area contributed by atoms with Crippen LogP contribution in [0, 0.1) is 0 Å². The van der Waals surface area contributed by atoms with Crippen LogP contribution in [0.3, 0.4) is 0 Å². The van der Waals surface area contributed by atoms with Crippen LogP contribution >= 0.6 is 0 Å². The minimum Gasteiger partial charge on any atom is -0.467 e. The molecule has 2 N–H and O–H groups in total. The van der Waals surface area contributed by atoms with Gasteiger partial charge in [-0.2, -0.15) is 0 Å². The molecule has 2 rings (SSSR count). The van der Waals surface area contributed by atoms with E-state index in [-0.39, 0.29) is 24.7 Å². The summed E-state index contributed by atoms with van der Waals surface area (Å²) in [6, 6.07) is 12.7. The number of nitrogens with zero attached hydrogens (tertiary/aromatic N) is 1. The van der Waals surface area contributed by atoms with Crippen LogP contribution < -0.4 is 5.32 Å². The number of aliphatic hydroxyl groups is 1. The zero-order valence-electron chi connectivity index (χ0n) is 13.8. The maximum atomic E-state index is 12.7. The maximum absolute atomic E-state index is 12.7. The first-order valence-electron chi connectivity index (χ1n) is 7.82. The normalized spacial score (nSPS) is 13.6. The Morgan fingerprint density at radius 1 is 1.17 bits per heavy atom. The fourth-order valence-corrected chi connectivity index (χ4v) is 2.44. The van der Waals surface area contributed by atoms with E-state index in [2.05, 4.69) is 5.32 Å². The van der Waals surface area contributed by atoms with Gasteiger partial charge in [0.25, 0.3) is 0 Å². The van der Waals surface area contributed by atoms with Gasteiger partial charge < -0.3 is 19.7 Å². The third kappa shape index (κ3) is 4.60. The molecule has 5 nitrogen and oxygen atoms in total. The molecule has 0 spiro atoms. The second-order valence-corrected chi connectivity index (χ2v) is 5.90. The summed E-state index contributed by atoms with van der Waals surface area (Å²) in [4.78, 5) is 14.3. The zero-order chi connectivity index (χ0) is 16.8. The molecular formula is C18H24N2O3. The minimum atomic E-state index is -0.582. The van der Waals surface area contributed by atoms with Gasteiger partial charge in [0.15, 0.2) is 0 Å². The SMILES string of the molecule is CC(O)CN(C(=O)NC(c1ccccc1)c1ccco1)C(C)C. The molecule has 1 aromatic heterocycles. The standard InChI is InChI=1S/C18H24N2O3/c1-13(2)20(12-14(3)21)18(22)19-17(16-10-7-11-23-16)15-8-5-4-6-9-15/h4-11,13-14,17,21H,12H2,1-3H3,(H,19,22). The van der Waals surface area contributed by atoms with Crippen molar-refractivity contribution in [3.63, 3.8) is 0 Å². The largest absolute Gasteiger partial charge is 0.467 e. The average Bonchev–Trinajstić information content (AvgIpc) is 3.04. The molecule has 2 unspecified atom stereocenters. The molecule has 0 radical (unpaired) electrons. The molecular weight excluding hydrogens is 292 g/mol. The highest BCUT2D eigenvalue weighted by molar-refractivity contribution is 5.75. The molecule has 2 atom stereocenters. The summed E-state index contributed by atoms with van der Waals surface area (Å²) >= 11 is 0. The van der Waals surface area contributed by atoms with Gasteiger partial charge in [0.05, 0.1) is 12.4 Å². The van der Waals surface area contributed by atoms with Crippen LogP contribution in [0.4, 0.5) is 4.79 Å². The second-order valence-electron chi connectivity index (χ2n) is 5.90. The van der Waals surface area contributed by atoms with E-state index in [0.717, 1.165) is 5.56 Å². The molecule has 0 aliphatic carbocycles. The minimum absolute atomic E-state index is 0.0161. The van der Waals surface area contributed by atoms with Crippen molar-refractivity contribution in [2.45, 2.75) is 39.0 Å².